The number of ketones is 1. The Balaban J connectivity index is 1.75. The van der Waals surface area contributed by atoms with Crippen molar-refractivity contribution in [2.45, 2.75) is 50.5 Å². The lowest BCUT2D eigenvalue weighted by atomic mass is 9.75. The number of hydrogen-bond acceptors (Lipinski definition) is 5. The van der Waals surface area contributed by atoms with Crippen LogP contribution in [0.15, 0.2) is 23.1 Å². The van der Waals surface area contributed by atoms with Crippen LogP contribution < -0.4 is 0 Å². The number of ether oxygens (including phenoxy) is 1. The van der Waals surface area contributed by atoms with Crippen molar-refractivity contribution in [3.05, 3.63) is 29.3 Å². The minimum absolute atomic E-state index is 0.0661. The topological polar surface area (TPSA) is 80.8 Å². The van der Waals surface area contributed by atoms with Gasteiger partial charge in [-0.3, -0.25) is 4.79 Å². The van der Waals surface area contributed by atoms with E-state index in [0.717, 1.165) is 5.56 Å². The van der Waals surface area contributed by atoms with Gasteiger partial charge >= 0.3 is 6.09 Å². The molecule has 1 fully saturated rings. The molecule has 1 aliphatic carbocycles. The quantitative estimate of drug-likeness (QED) is 0.749. The van der Waals surface area contributed by atoms with Crippen LogP contribution >= 0.6 is 0 Å². The van der Waals surface area contributed by atoms with E-state index in [2.05, 4.69) is 0 Å². The van der Waals surface area contributed by atoms with Crippen molar-refractivity contribution in [3.63, 3.8) is 0 Å². The van der Waals surface area contributed by atoms with Crippen LogP contribution in [-0.4, -0.2) is 50.1 Å². The van der Waals surface area contributed by atoms with E-state index in [1.54, 1.807) is 17.0 Å². The van der Waals surface area contributed by atoms with Crippen molar-refractivity contribution in [2.75, 3.05) is 19.3 Å². The third-order valence-corrected chi connectivity index (χ3v) is 6.24. The van der Waals surface area contributed by atoms with Crippen molar-refractivity contribution in [1.82, 2.24) is 4.90 Å². The summed E-state index contributed by atoms with van der Waals surface area (Å²) >= 11 is 0. The number of nitrogens with zero attached hydrogens (tertiary/aromatic N) is 1. The van der Waals surface area contributed by atoms with Gasteiger partial charge in [-0.15, -0.1) is 0 Å². The van der Waals surface area contributed by atoms with Gasteiger partial charge in [0, 0.05) is 30.3 Å². The third kappa shape index (κ3) is 3.49. The molecule has 1 aliphatic heterocycles. The van der Waals surface area contributed by atoms with Crippen LogP contribution in [0.25, 0.3) is 0 Å². The van der Waals surface area contributed by atoms with Crippen molar-refractivity contribution in [2.24, 2.45) is 5.41 Å². The van der Waals surface area contributed by atoms with Gasteiger partial charge in [-0.05, 0) is 63.8 Å². The second-order valence-electron chi connectivity index (χ2n) is 8.34. The minimum Gasteiger partial charge on any atom is -0.444 e. The van der Waals surface area contributed by atoms with Crippen LogP contribution in [0.3, 0.4) is 0 Å². The highest BCUT2D eigenvalue weighted by atomic mass is 32.2. The van der Waals surface area contributed by atoms with Gasteiger partial charge in [0.2, 0.25) is 0 Å². The Hall–Kier alpha value is -1.89. The lowest BCUT2D eigenvalue weighted by Crippen LogP contribution is -2.47. The molecule has 1 aromatic carbocycles. The lowest BCUT2D eigenvalue weighted by Gasteiger charge is -2.38. The number of carbonyl (C=O) groups excluding carboxylic acids is 2. The van der Waals surface area contributed by atoms with Crippen LogP contribution in [0.1, 0.15) is 49.5 Å². The lowest BCUT2D eigenvalue weighted by molar-refractivity contribution is 0.0114. The zero-order valence-electron chi connectivity index (χ0n) is 15.7. The van der Waals surface area contributed by atoms with E-state index in [1.807, 2.05) is 20.8 Å². The maximum absolute atomic E-state index is 13.0. The van der Waals surface area contributed by atoms with E-state index in [-0.39, 0.29) is 16.8 Å². The largest absolute Gasteiger partial charge is 0.444 e. The molecule has 0 atom stereocenters. The van der Waals surface area contributed by atoms with E-state index in [4.69, 9.17) is 4.74 Å². The van der Waals surface area contributed by atoms with Crippen molar-refractivity contribution in [1.29, 1.82) is 0 Å². The van der Waals surface area contributed by atoms with Crippen LogP contribution in [-0.2, 0) is 21.0 Å². The van der Waals surface area contributed by atoms with Gasteiger partial charge in [0.05, 0.1) is 4.90 Å². The van der Waals surface area contributed by atoms with E-state index in [9.17, 15) is 18.0 Å². The molecule has 0 aromatic heterocycles. The summed E-state index contributed by atoms with van der Waals surface area (Å²) in [5.41, 5.74) is 0.330. The summed E-state index contributed by atoms with van der Waals surface area (Å²) in [5.74, 6) is 0.0661. The van der Waals surface area contributed by atoms with Gasteiger partial charge in [-0.1, -0.05) is 0 Å². The molecule has 0 bridgehead atoms. The number of Topliss-reactive ketones (excluding diaryl/α,β-unsaturated/α-hetero) is 1. The van der Waals surface area contributed by atoms with Gasteiger partial charge < -0.3 is 9.64 Å². The van der Waals surface area contributed by atoms with Crippen molar-refractivity contribution in [3.8, 4) is 0 Å². The summed E-state index contributed by atoms with van der Waals surface area (Å²) in [4.78, 5) is 27.1. The Morgan fingerprint density at radius 3 is 2.35 bits per heavy atom. The maximum atomic E-state index is 13.0. The number of amides is 1. The zero-order chi connectivity index (χ0) is 19.3. The average Bonchev–Trinajstić information content (AvgIpc) is 2.77. The molecule has 1 spiro atoms. The second kappa shape index (κ2) is 6.08. The van der Waals surface area contributed by atoms with E-state index in [0.29, 0.717) is 37.9 Å². The predicted octanol–water partition coefficient (Wildman–Crippen LogP) is 2.85. The first-order valence-corrected chi connectivity index (χ1v) is 10.7. The summed E-state index contributed by atoms with van der Waals surface area (Å²) in [6, 6.07) is 4.75. The molecular formula is C19H25NO5S. The van der Waals surface area contributed by atoms with Gasteiger partial charge in [0.25, 0.3) is 0 Å². The second-order valence-corrected chi connectivity index (χ2v) is 10.4. The predicted molar refractivity (Wildman–Crippen MR) is 97.1 cm³/mol. The molecule has 0 N–H and O–H groups in total. The Labute approximate surface area is 154 Å². The molecule has 1 saturated heterocycles. The highest BCUT2D eigenvalue weighted by Crippen LogP contribution is 2.45. The first-order chi connectivity index (χ1) is 11.9. The molecule has 6 nitrogen and oxygen atoms in total. The van der Waals surface area contributed by atoms with E-state index >= 15 is 0 Å². The number of benzene rings is 1. The summed E-state index contributed by atoms with van der Waals surface area (Å²) < 4.78 is 28.9. The van der Waals surface area contributed by atoms with Crippen LogP contribution in [0, 0.1) is 5.41 Å². The van der Waals surface area contributed by atoms with E-state index < -0.39 is 20.9 Å². The maximum Gasteiger partial charge on any atom is 0.410 e. The molecule has 0 radical (unpaired) electrons. The molecule has 0 saturated carbocycles. The number of piperidine rings is 1. The monoisotopic (exact) mass is 379 g/mol. The number of rotatable bonds is 1. The Kier molecular flexibility index (Phi) is 4.42. The van der Waals surface area contributed by atoms with E-state index in [1.165, 1.54) is 12.3 Å². The highest BCUT2D eigenvalue weighted by molar-refractivity contribution is 7.90. The molecule has 26 heavy (non-hydrogen) atoms. The summed E-state index contributed by atoms with van der Waals surface area (Å²) in [5, 5.41) is 0. The van der Waals surface area contributed by atoms with Gasteiger partial charge in [-0.25, -0.2) is 13.2 Å². The molecular weight excluding hydrogens is 354 g/mol. The summed E-state index contributed by atoms with van der Waals surface area (Å²) in [6.07, 6.45) is 2.48. The number of fused-ring (bicyclic) bond motifs is 1. The normalized spacial score (nSPS) is 19.5. The fourth-order valence-corrected chi connectivity index (χ4v) is 4.42. The molecule has 142 valence electrons. The first kappa shape index (κ1) is 18.9. The average molecular weight is 379 g/mol. The fraction of sp³-hybridized carbons (Fsp3) is 0.579. The van der Waals surface area contributed by atoms with Crippen molar-refractivity contribution < 1.29 is 22.7 Å². The smallest absolute Gasteiger partial charge is 0.410 e. The van der Waals surface area contributed by atoms with Gasteiger partial charge in [0.15, 0.2) is 15.6 Å². The van der Waals surface area contributed by atoms with Crippen LogP contribution in [0.2, 0.25) is 0 Å². The fourth-order valence-electron chi connectivity index (χ4n) is 3.75. The third-order valence-electron chi connectivity index (χ3n) is 5.13. The molecule has 7 heteroatoms. The molecule has 1 heterocycles. The number of hydrogen-bond donors (Lipinski definition) is 0. The SMILES string of the molecule is CC(C)(C)OC(=O)N1CCC2(CC1)Cc1cc(S(C)(=O)=O)ccc1C2=O. The number of sulfone groups is 1. The number of carbonyl (C=O) groups is 2. The molecule has 3 rings (SSSR count). The van der Waals surface area contributed by atoms with Gasteiger partial charge in [0.1, 0.15) is 5.60 Å². The summed E-state index contributed by atoms with van der Waals surface area (Å²) in [6.45, 7) is 6.41. The minimum atomic E-state index is -3.30. The van der Waals surface area contributed by atoms with Crippen molar-refractivity contribution >= 4 is 21.7 Å². The molecule has 0 unspecified atom stereocenters. The Bertz CT molecular complexity index is 858. The molecule has 1 amide bonds. The zero-order valence-corrected chi connectivity index (χ0v) is 16.5. The standard InChI is InChI=1S/C19H25NO5S/c1-18(2,3)25-17(22)20-9-7-19(8-10-20)12-13-11-14(26(4,23)24)5-6-15(13)16(19)21/h5-6,11H,7-10,12H2,1-4H3. The van der Waals surface area contributed by atoms with Crippen LogP contribution in [0.4, 0.5) is 4.79 Å². The first-order valence-electron chi connectivity index (χ1n) is 8.77. The molecule has 2 aliphatic rings. The van der Waals surface area contributed by atoms with Crippen LogP contribution in [0.5, 0.6) is 0 Å². The molecule has 1 aromatic rings. The Morgan fingerprint density at radius 2 is 1.81 bits per heavy atom. The highest BCUT2D eigenvalue weighted by Gasteiger charge is 2.48. The Morgan fingerprint density at radius 1 is 1.19 bits per heavy atom. The number of likely N-dealkylation sites (tertiary alicyclic amines) is 1. The summed E-state index contributed by atoms with van der Waals surface area (Å²) in [7, 11) is -3.30. The van der Waals surface area contributed by atoms with Gasteiger partial charge in [-0.2, -0.15) is 0 Å².